The Hall–Kier alpha value is -2.89. The second-order valence-electron chi connectivity index (χ2n) is 3.89. The Bertz CT molecular complexity index is 655. The summed E-state index contributed by atoms with van der Waals surface area (Å²) in [5.41, 5.74) is 0.383. The largest absolute Gasteiger partial charge is 0.478 e. The number of amides is 1. The smallest absolute Gasteiger partial charge is 0.335 e. The van der Waals surface area contributed by atoms with Crippen LogP contribution in [0, 0.1) is 0 Å². The predicted octanol–water partition coefficient (Wildman–Crippen LogP) is 1.93. The van der Waals surface area contributed by atoms with Gasteiger partial charge in [-0.05, 0) is 24.3 Å². The van der Waals surface area contributed by atoms with Gasteiger partial charge in [-0.1, -0.05) is 6.07 Å². The van der Waals surface area contributed by atoms with Crippen LogP contribution in [-0.2, 0) is 0 Å². The third-order valence-electron chi connectivity index (χ3n) is 2.56. The molecule has 1 aromatic carbocycles. The van der Waals surface area contributed by atoms with Crippen molar-refractivity contribution in [3.63, 3.8) is 0 Å². The van der Waals surface area contributed by atoms with E-state index in [0.29, 0.717) is 11.5 Å². The van der Waals surface area contributed by atoms with E-state index in [1.807, 2.05) is 0 Å². The van der Waals surface area contributed by atoms with Gasteiger partial charge in [0.05, 0.1) is 5.56 Å². The molecule has 0 saturated heterocycles. The summed E-state index contributed by atoms with van der Waals surface area (Å²) >= 11 is 0. The van der Waals surface area contributed by atoms with Gasteiger partial charge in [-0.25, -0.2) is 4.79 Å². The number of ether oxygens (including phenoxy) is 1. The van der Waals surface area contributed by atoms with Crippen LogP contribution in [0.25, 0.3) is 0 Å². The first kappa shape index (κ1) is 13.5. The van der Waals surface area contributed by atoms with Gasteiger partial charge in [0.1, 0.15) is 17.1 Å². The molecule has 0 spiro atoms. The highest BCUT2D eigenvalue weighted by Gasteiger charge is 2.12. The first-order valence-corrected chi connectivity index (χ1v) is 5.79. The Kier molecular flexibility index (Phi) is 3.95. The summed E-state index contributed by atoms with van der Waals surface area (Å²) in [6, 6.07) is 7.57. The molecule has 6 heteroatoms. The fraction of sp³-hybridized carbons (Fsp3) is 0.0714. The molecule has 0 aliphatic heterocycles. The third kappa shape index (κ3) is 2.92. The molecule has 0 radical (unpaired) electrons. The minimum atomic E-state index is -1.04. The van der Waals surface area contributed by atoms with Crippen LogP contribution in [0.1, 0.15) is 20.7 Å². The number of nitrogens with one attached hydrogen (secondary N) is 1. The van der Waals surface area contributed by atoms with Crippen molar-refractivity contribution in [1.82, 2.24) is 10.3 Å². The monoisotopic (exact) mass is 272 g/mol. The Morgan fingerprint density at radius 1 is 1.30 bits per heavy atom. The van der Waals surface area contributed by atoms with E-state index >= 15 is 0 Å². The lowest BCUT2D eigenvalue weighted by molar-refractivity contribution is 0.0696. The van der Waals surface area contributed by atoms with E-state index in [-0.39, 0.29) is 17.0 Å². The lowest BCUT2D eigenvalue weighted by Gasteiger charge is -2.10. The number of hydrogen-bond acceptors (Lipinski definition) is 4. The van der Waals surface area contributed by atoms with Gasteiger partial charge in [-0.2, -0.15) is 0 Å². The molecule has 0 fully saturated rings. The van der Waals surface area contributed by atoms with E-state index in [1.165, 1.54) is 37.6 Å². The molecule has 0 unspecified atom stereocenters. The van der Waals surface area contributed by atoms with E-state index < -0.39 is 5.97 Å². The zero-order chi connectivity index (χ0) is 14.5. The van der Waals surface area contributed by atoms with Crippen molar-refractivity contribution in [2.75, 3.05) is 7.05 Å². The van der Waals surface area contributed by atoms with Crippen molar-refractivity contribution >= 4 is 11.9 Å². The zero-order valence-electron chi connectivity index (χ0n) is 10.7. The van der Waals surface area contributed by atoms with Gasteiger partial charge >= 0.3 is 5.97 Å². The van der Waals surface area contributed by atoms with E-state index in [9.17, 15) is 9.59 Å². The van der Waals surface area contributed by atoms with Gasteiger partial charge in [-0.15, -0.1) is 0 Å². The average molecular weight is 272 g/mol. The van der Waals surface area contributed by atoms with Crippen LogP contribution in [0.2, 0.25) is 0 Å². The fourth-order valence-corrected chi connectivity index (χ4v) is 1.60. The molecule has 2 aromatic rings. The quantitative estimate of drug-likeness (QED) is 0.887. The number of hydrogen-bond donors (Lipinski definition) is 2. The van der Waals surface area contributed by atoms with Gasteiger partial charge in [0, 0.05) is 19.4 Å². The van der Waals surface area contributed by atoms with E-state index in [0.717, 1.165) is 0 Å². The van der Waals surface area contributed by atoms with E-state index in [2.05, 4.69) is 10.3 Å². The molecule has 2 rings (SSSR count). The second-order valence-corrected chi connectivity index (χ2v) is 3.89. The Labute approximate surface area is 115 Å². The standard InChI is InChI=1S/C14H12N2O4/c1-15-13(17)11-8-16-6-5-12(11)20-10-4-2-3-9(7-10)14(18)19/h2-8H,1H3,(H,15,17)(H,18,19). The number of aromatic carboxylic acids is 1. The minimum absolute atomic E-state index is 0.109. The molecular formula is C14H12N2O4. The Morgan fingerprint density at radius 2 is 2.10 bits per heavy atom. The number of carbonyl (C=O) groups is 2. The van der Waals surface area contributed by atoms with Crippen LogP contribution in [0.5, 0.6) is 11.5 Å². The fourth-order valence-electron chi connectivity index (χ4n) is 1.60. The van der Waals surface area contributed by atoms with E-state index in [4.69, 9.17) is 9.84 Å². The highest BCUT2D eigenvalue weighted by atomic mass is 16.5. The van der Waals surface area contributed by atoms with Gasteiger partial charge < -0.3 is 15.2 Å². The maximum Gasteiger partial charge on any atom is 0.335 e. The van der Waals surface area contributed by atoms with Crippen LogP contribution < -0.4 is 10.1 Å². The first-order valence-electron chi connectivity index (χ1n) is 5.79. The number of aromatic nitrogens is 1. The van der Waals surface area contributed by atoms with Crippen LogP contribution in [0.3, 0.4) is 0 Å². The van der Waals surface area contributed by atoms with Gasteiger partial charge in [0.15, 0.2) is 0 Å². The lowest BCUT2D eigenvalue weighted by Crippen LogP contribution is -2.18. The van der Waals surface area contributed by atoms with Crippen LogP contribution in [0.15, 0.2) is 42.7 Å². The maximum absolute atomic E-state index is 11.7. The maximum atomic E-state index is 11.7. The number of rotatable bonds is 4. The number of carbonyl (C=O) groups excluding carboxylic acids is 1. The SMILES string of the molecule is CNC(=O)c1cnccc1Oc1cccc(C(=O)O)c1. The van der Waals surface area contributed by atoms with Gasteiger partial charge in [-0.3, -0.25) is 9.78 Å². The van der Waals surface area contributed by atoms with Crippen molar-refractivity contribution in [3.05, 3.63) is 53.9 Å². The summed E-state index contributed by atoms with van der Waals surface area (Å²) in [6.45, 7) is 0. The summed E-state index contributed by atoms with van der Waals surface area (Å²) in [7, 11) is 1.50. The molecule has 1 aromatic heterocycles. The highest BCUT2D eigenvalue weighted by molar-refractivity contribution is 5.96. The van der Waals surface area contributed by atoms with Crippen LogP contribution >= 0.6 is 0 Å². The van der Waals surface area contributed by atoms with Crippen LogP contribution in [-0.4, -0.2) is 29.0 Å². The summed E-state index contributed by atoms with van der Waals surface area (Å²) < 4.78 is 5.56. The van der Waals surface area contributed by atoms with Crippen molar-refractivity contribution in [2.45, 2.75) is 0 Å². The van der Waals surface area contributed by atoms with Gasteiger partial charge in [0.2, 0.25) is 0 Å². The molecule has 1 heterocycles. The number of carboxylic acids is 1. The molecule has 2 N–H and O–H groups in total. The number of nitrogens with zero attached hydrogens (tertiary/aromatic N) is 1. The lowest BCUT2D eigenvalue weighted by atomic mass is 10.2. The number of pyridine rings is 1. The van der Waals surface area contributed by atoms with Crippen molar-refractivity contribution in [1.29, 1.82) is 0 Å². The van der Waals surface area contributed by atoms with Crippen molar-refractivity contribution < 1.29 is 19.4 Å². The van der Waals surface area contributed by atoms with Gasteiger partial charge in [0.25, 0.3) is 5.91 Å². The zero-order valence-corrected chi connectivity index (χ0v) is 10.7. The summed E-state index contributed by atoms with van der Waals surface area (Å²) in [6.07, 6.45) is 2.87. The Balaban J connectivity index is 2.33. The average Bonchev–Trinajstić information content (AvgIpc) is 2.47. The topological polar surface area (TPSA) is 88.5 Å². The normalized spacial score (nSPS) is 9.85. The number of benzene rings is 1. The molecule has 0 saturated carbocycles. The first-order chi connectivity index (χ1) is 9.61. The predicted molar refractivity (Wildman–Crippen MR) is 71.1 cm³/mol. The molecule has 20 heavy (non-hydrogen) atoms. The van der Waals surface area contributed by atoms with E-state index in [1.54, 1.807) is 12.1 Å². The molecule has 6 nitrogen and oxygen atoms in total. The molecule has 102 valence electrons. The second kappa shape index (κ2) is 5.83. The van der Waals surface area contributed by atoms with Crippen LogP contribution in [0.4, 0.5) is 0 Å². The molecular weight excluding hydrogens is 260 g/mol. The van der Waals surface area contributed by atoms with Crippen molar-refractivity contribution in [2.24, 2.45) is 0 Å². The molecule has 0 bridgehead atoms. The summed E-state index contributed by atoms with van der Waals surface area (Å²) in [5, 5.41) is 11.4. The minimum Gasteiger partial charge on any atom is -0.478 e. The van der Waals surface area contributed by atoms with Crippen molar-refractivity contribution in [3.8, 4) is 11.5 Å². The summed E-state index contributed by atoms with van der Waals surface area (Å²) in [5.74, 6) is -0.734. The molecule has 0 aliphatic carbocycles. The Morgan fingerprint density at radius 3 is 2.80 bits per heavy atom. The third-order valence-corrected chi connectivity index (χ3v) is 2.56. The summed E-state index contributed by atoms with van der Waals surface area (Å²) in [4.78, 5) is 26.4. The molecule has 1 amide bonds. The highest BCUT2D eigenvalue weighted by Crippen LogP contribution is 2.25. The number of carboxylic acid groups (broad SMARTS) is 1. The molecule has 0 atom stereocenters. The molecule has 0 aliphatic rings.